The fourth-order valence-corrected chi connectivity index (χ4v) is 3.12. The molecule has 8 heteroatoms. The van der Waals surface area contributed by atoms with E-state index < -0.39 is 0 Å². The SMILES string of the molecule is CC(C)(C)c1cccc(NC(=S)Nc2ccc(NC(=O)c3csnn3)cc2)c1. The van der Waals surface area contributed by atoms with Crippen LogP contribution in [0.15, 0.2) is 53.9 Å². The molecule has 3 rings (SSSR count). The van der Waals surface area contributed by atoms with Gasteiger partial charge in [-0.15, -0.1) is 5.10 Å². The first kappa shape index (κ1) is 19.9. The van der Waals surface area contributed by atoms with Crippen LogP contribution >= 0.6 is 23.8 Å². The highest BCUT2D eigenvalue weighted by Gasteiger charge is 2.14. The number of anilines is 3. The summed E-state index contributed by atoms with van der Waals surface area (Å²) >= 11 is 6.54. The van der Waals surface area contributed by atoms with Crippen molar-refractivity contribution in [2.45, 2.75) is 26.2 Å². The van der Waals surface area contributed by atoms with Crippen LogP contribution < -0.4 is 16.0 Å². The molecule has 0 aliphatic carbocycles. The molecule has 0 saturated heterocycles. The second kappa shape index (κ2) is 8.45. The quantitative estimate of drug-likeness (QED) is 0.530. The van der Waals surface area contributed by atoms with Crippen molar-refractivity contribution in [2.75, 3.05) is 16.0 Å². The Kier molecular flexibility index (Phi) is 6.01. The van der Waals surface area contributed by atoms with Crippen molar-refractivity contribution >= 4 is 51.8 Å². The number of nitrogens with one attached hydrogen (secondary N) is 3. The molecule has 0 saturated carbocycles. The summed E-state index contributed by atoms with van der Waals surface area (Å²) in [5.74, 6) is -0.287. The third-order valence-corrected chi connectivity index (χ3v) is 4.69. The van der Waals surface area contributed by atoms with E-state index >= 15 is 0 Å². The van der Waals surface area contributed by atoms with E-state index in [1.807, 2.05) is 24.3 Å². The maximum absolute atomic E-state index is 12.0. The Morgan fingerprint density at radius 1 is 0.964 bits per heavy atom. The molecule has 1 heterocycles. The summed E-state index contributed by atoms with van der Waals surface area (Å²) in [5, 5.41) is 15.0. The van der Waals surface area contributed by atoms with Crippen LogP contribution in [0.5, 0.6) is 0 Å². The Labute approximate surface area is 173 Å². The van der Waals surface area contributed by atoms with Gasteiger partial charge in [0.15, 0.2) is 10.8 Å². The van der Waals surface area contributed by atoms with Crippen LogP contribution in [-0.4, -0.2) is 20.6 Å². The van der Waals surface area contributed by atoms with Crippen molar-refractivity contribution in [2.24, 2.45) is 0 Å². The van der Waals surface area contributed by atoms with Crippen LogP contribution in [0, 0.1) is 0 Å². The number of carbonyl (C=O) groups is 1. The molecule has 1 aromatic heterocycles. The van der Waals surface area contributed by atoms with Gasteiger partial charge in [-0.2, -0.15) is 0 Å². The first-order valence-electron chi connectivity index (χ1n) is 8.68. The summed E-state index contributed by atoms with van der Waals surface area (Å²) < 4.78 is 3.68. The van der Waals surface area contributed by atoms with Crippen LogP contribution in [0.3, 0.4) is 0 Å². The summed E-state index contributed by atoms with van der Waals surface area (Å²) in [5.41, 5.74) is 4.02. The van der Waals surface area contributed by atoms with Gasteiger partial charge in [0.05, 0.1) is 0 Å². The summed E-state index contributed by atoms with van der Waals surface area (Å²) in [6, 6.07) is 15.5. The first-order valence-corrected chi connectivity index (χ1v) is 9.93. The highest BCUT2D eigenvalue weighted by molar-refractivity contribution is 7.80. The Balaban J connectivity index is 1.58. The van der Waals surface area contributed by atoms with Crippen molar-refractivity contribution in [1.29, 1.82) is 0 Å². The molecule has 3 N–H and O–H groups in total. The molecule has 144 valence electrons. The Bertz CT molecular complexity index is 963. The van der Waals surface area contributed by atoms with Gasteiger partial charge in [-0.3, -0.25) is 4.79 Å². The van der Waals surface area contributed by atoms with E-state index in [1.54, 1.807) is 17.5 Å². The molecular weight excluding hydrogens is 390 g/mol. The number of thiocarbonyl (C=S) groups is 1. The molecule has 2 aromatic carbocycles. The van der Waals surface area contributed by atoms with Crippen LogP contribution in [-0.2, 0) is 5.41 Å². The van der Waals surface area contributed by atoms with Crippen molar-refractivity contribution < 1.29 is 4.79 Å². The number of nitrogens with zero attached hydrogens (tertiary/aromatic N) is 2. The lowest BCUT2D eigenvalue weighted by Crippen LogP contribution is -2.20. The predicted molar refractivity (Wildman–Crippen MR) is 119 cm³/mol. The molecule has 6 nitrogen and oxygen atoms in total. The van der Waals surface area contributed by atoms with E-state index in [-0.39, 0.29) is 11.3 Å². The van der Waals surface area contributed by atoms with Gasteiger partial charge in [0, 0.05) is 22.4 Å². The fourth-order valence-electron chi connectivity index (χ4n) is 2.45. The number of aromatic nitrogens is 2. The maximum atomic E-state index is 12.0. The van der Waals surface area contributed by atoms with Crippen molar-refractivity contribution in [3.63, 3.8) is 0 Å². The van der Waals surface area contributed by atoms with E-state index in [9.17, 15) is 4.79 Å². The minimum Gasteiger partial charge on any atom is -0.332 e. The van der Waals surface area contributed by atoms with Gasteiger partial charge in [-0.05, 0) is 71.1 Å². The number of amides is 1. The van der Waals surface area contributed by atoms with E-state index in [1.165, 1.54) is 5.56 Å². The van der Waals surface area contributed by atoms with E-state index in [2.05, 4.69) is 58.4 Å². The molecule has 0 atom stereocenters. The normalized spacial score (nSPS) is 11.0. The minimum atomic E-state index is -0.287. The average Bonchev–Trinajstić information content (AvgIpc) is 3.18. The number of benzene rings is 2. The molecule has 0 bridgehead atoms. The van der Waals surface area contributed by atoms with E-state index in [4.69, 9.17) is 12.2 Å². The molecule has 0 fully saturated rings. The van der Waals surface area contributed by atoms with Gasteiger partial charge in [0.2, 0.25) is 0 Å². The lowest BCUT2D eigenvalue weighted by molar-refractivity contribution is 0.102. The summed E-state index contributed by atoms with van der Waals surface area (Å²) in [6.45, 7) is 6.52. The zero-order valence-corrected chi connectivity index (χ0v) is 17.4. The third-order valence-electron chi connectivity index (χ3n) is 3.98. The van der Waals surface area contributed by atoms with Gasteiger partial charge in [0.25, 0.3) is 5.91 Å². The molecule has 1 amide bonds. The molecule has 0 aliphatic heterocycles. The van der Waals surface area contributed by atoms with Gasteiger partial charge in [-0.1, -0.05) is 37.4 Å². The van der Waals surface area contributed by atoms with Gasteiger partial charge < -0.3 is 16.0 Å². The Morgan fingerprint density at radius 2 is 1.61 bits per heavy atom. The van der Waals surface area contributed by atoms with E-state index in [0.29, 0.717) is 16.5 Å². The lowest BCUT2D eigenvalue weighted by Gasteiger charge is -2.20. The highest BCUT2D eigenvalue weighted by atomic mass is 32.1. The topological polar surface area (TPSA) is 78.9 Å². The predicted octanol–water partition coefficient (Wildman–Crippen LogP) is 4.90. The van der Waals surface area contributed by atoms with Crippen molar-refractivity contribution in [1.82, 2.24) is 9.59 Å². The molecule has 0 aliphatic rings. The Hall–Kier alpha value is -2.84. The second-order valence-corrected chi connectivity index (χ2v) is 8.25. The van der Waals surface area contributed by atoms with Gasteiger partial charge >= 0.3 is 0 Å². The molecular formula is C20H21N5OS2. The smallest absolute Gasteiger partial charge is 0.277 e. The molecule has 3 aromatic rings. The summed E-state index contributed by atoms with van der Waals surface area (Å²) in [4.78, 5) is 12.0. The second-order valence-electron chi connectivity index (χ2n) is 7.23. The number of carbonyl (C=O) groups excluding carboxylic acids is 1. The maximum Gasteiger partial charge on any atom is 0.277 e. The molecule has 0 unspecified atom stereocenters. The average molecular weight is 412 g/mol. The fraction of sp³-hybridized carbons (Fsp3) is 0.200. The molecule has 0 spiro atoms. The number of hydrogen-bond donors (Lipinski definition) is 3. The van der Waals surface area contributed by atoms with E-state index in [0.717, 1.165) is 22.9 Å². The zero-order valence-electron chi connectivity index (χ0n) is 15.8. The first-order chi connectivity index (χ1) is 13.3. The van der Waals surface area contributed by atoms with Crippen LogP contribution in [0.1, 0.15) is 36.8 Å². The third kappa shape index (κ3) is 5.34. The van der Waals surface area contributed by atoms with Gasteiger partial charge in [0.1, 0.15) is 0 Å². The largest absolute Gasteiger partial charge is 0.332 e. The Morgan fingerprint density at radius 3 is 2.21 bits per heavy atom. The summed E-state index contributed by atoms with van der Waals surface area (Å²) in [6.07, 6.45) is 0. The van der Waals surface area contributed by atoms with Gasteiger partial charge in [-0.25, -0.2) is 0 Å². The summed E-state index contributed by atoms with van der Waals surface area (Å²) in [7, 11) is 0. The van der Waals surface area contributed by atoms with Crippen LogP contribution in [0.25, 0.3) is 0 Å². The zero-order chi connectivity index (χ0) is 20.1. The van der Waals surface area contributed by atoms with Crippen LogP contribution in [0.2, 0.25) is 0 Å². The van der Waals surface area contributed by atoms with Crippen LogP contribution in [0.4, 0.5) is 17.1 Å². The van der Waals surface area contributed by atoms with Crippen molar-refractivity contribution in [3.8, 4) is 0 Å². The molecule has 0 radical (unpaired) electrons. The number of rotatable bonds is 4. The lowest BCUT2D eigenvalue weighted by atomic mass is 9.87. The molecule has 28 heavy (non-hydrogen) atoms. The van der Waals surface area contributed by atoms with Crippen molar-refractivity contribution in [3.05, 3.63) is 65.2 Å². The number of hydrogen-bond acceptors (Lipinski definition) is 5. The minimum absolute atomic E-state index is 0.0710. The standard InChI is InChI=1S/C20H21N5OS2/c1-20(2,3)13-5-4-6-16(11-13)23-19(27)22-15-9-7-14(8-10-15)21-18(26)17-12-28-25-24-17/h4-12H,1-3H3,(H,21,26)(H2,22,23,27). The monoisotopic (exact) mass is 411 g/mol. The highest BCUT2D eigenvalue weighted by Crippen LogP contribution is 2.24.